The zero-order valence-corrected chi connectivity index (χ0v) is 20.5. The summed E-state index contributed by atoms with van der Waals surface area (Å²) in [5.41, 5.74) is 1.91. The molecule has 1 saturated heterocycles. The van der Waals surface area contributed by atoms with E-state index in [1.807, 2.05) is 24.0 Å². The largest absolute Gasteiger partial charge is 0.494 e. The molecular weight excluding hydrogens is 461 g/mol. The van der Waals surface area contributed by atoms with Crippen LogP contribution in [0.1, 0.15) is 12.0 Å². The standard InChI is InChI=1S/C24H28FN3O3S2/c1-17-3-8-20(30-2)22-23(17)33-24(26-22)28(11-10-27-12-14-31-15-13-27)21(29)9-16-32-19-6-4-18(25)5-7-19/h3-8H,9-16H2,1-2H3. The molecule has 0 unspecified atom stereocenters. The van der Waals surface area contributed by atoms with Gasteiger partial charge in [-0.05, 0) is 42.8 Å². The summed E-state index contributed by atoms with van der Waals surface area (Å²) in [6.45, 7) is 6.57. The van der Waals surface area contributed by atoms with E-state index in [0.717, 1.165) is 53.5 Å². The van der Waals surface area contributed by atoms with Crippen LogP contribution in [0.3, 0.4) is 0 Å². The highest BCUT2D eigenvalue weighted by Crippen LogP contribution is 2.36. The van der Waals surface area contributed by atoms with Gasteiger partial charge in [-0.25, -0.2) is 9.37 Å². The van der Waals surface area contributed by atoms with Gasteiger partial charge in [0.25, 0.3) is 0 Å². The fourth-order valence-electron chi connectivity index (χ4n) is 3.69. The maximum absolute atomic E-state index is 13.3. The second-order valence-electron chi connectivity index (χ2n) is 7.81. The van der Waals surface area contributed by atoms with Crippen LogP contribution in [0.15, 0.2) is 41.3 Å². The summed E-state index contributed by atoms with van der Waals surface area (Å²) < 4.78 is 25.1. The Morgan fingerprint density at radius 2 is 2.00 bits per heavy atom. The Morgan fingerprint density at radius 1 is 1.24 bits per heavy atom. The zero-order valence-electron chi connectivity index (χ0n) is 18.9. The van der Waals surface area contributed by atoms with E-state index in [9.17, 15) is 9.18 Å². The number of hydrogen-bond donors (Lipinski definition) is 0. The van der Waals surface area contributed by atoms with Crippen LogP contribution < -0.4 is 9.64 Å². The average molecular weight is 490 g/mol. The molecule has 3 aromatic rings. The van der Waals surface area contributed by atoms with Crippen LogP contribution in [0.25, 0.3) is 10.2 Å². The normalized spacial score (nSPS) is 14.5. The molecule has 0 aliphatic carbocycles. The van der Waals surface area contributed by atoms with Crippen molar-refractivity contribution in [2.24, 2.45) is 0 Å². The number of ether oxygens (including phenoxy) is 2. The van der Waals surface area contributed by atoms with Crippen molar-refractivity contribution in [2.45, 2.75) is 18.2 Å². The van der Waals surface area contributed by atoms with Crippen LogP contribution in [0.2, 0.25) is 0 Å². The molecule has 1 amide bonds. The number of aromatic nitrogens is 1. The van der Waals surface area contributed by atoms with Crippen molar-refractivity contribution < 1.29 is 18.7 Å². The third kappa shape index (κ3) is 6.03. The lowest BCUT2D eigenvalue weighted by Crippen LogP contribution is -2.43. The van der Waals surface area contributed by atoms with Gasteiger partial charge in [0.2, 0.25) is 5.91 Å². The summed E-state index contributed by atoms with van der Waals surface area (Å²) in [6.07, 6.45) is 0.372. The molecule has 1 aliphatic rings. The second-order valence-corrected chi connectivity index (χ2v) is 9.96. The van der Waals surface area contributed by atoms with E-state index >= 15 is 0 Å². The van der Waals surface area contributed by atoms with Crippen molar-refractivity contribution in [3.05, 3.63) is 47.8 Å². The SMILES string of the molecule is COc1ccc(C)c2sc(N(CCN3CCOCC3)C(=O)CCSc3ccc(F)cc3)nc12. The topological polar surface area (TPSA) is 54.9 Å². The zero-order chi connectivity index (χ0) is 23.2. The number of carbonyl (C=O) groups is 1. The number of benzene rings is 2. The number of rotatable bonds is 9. The van der Waals surface area contributed by atoms with E-state index in [0.29, 0.717) is 29.6 Å². The fourth-order valence-corrected chi connectivity index (χ4v) is 5.63. The quantitative estimate of drug-likeness (QED) is 0.410. The van der Waals surface area contributed by atoms with Gasteiger partial charge in [0, 0.05) is 43.2 Å². The number of methoxy groups -OCH3 is 1. The lowest BCUT2D eigenvalue weighted by molar-refractivity contribution is -0.118. The number of morpholine rings is 1. The van der Waals surface area contributed by atoms with Gasteiger partial charge in [-0.3, -0.25) is 14.6 Å². The number of thiazole rings is 1. The van der Waals surface area contributed by atoms with E-state index in [-0.39, 0.29) is 11.7 Å². The monoisotopic (exact) mass is 489 g/mol. The summed E-state index contributed by atoms with van der Waals surface area (Å²) in [5.74, 6) is 1.11. The molecule has 0 N–H and O–H groups in total. The molecule has 2 heterocycles. The van der Waals surface area contributed by atoms with Crippen LogP contribution >= 0.6 is 23.1 Å². The summed E-state index contributed by atoms with van der Waals surface area (Å²) in [7, 11) is 1.64. The van der Waals surface area contributed by atoms with Crippen LogP contribution in [0.4, 0.5) is 9.52 Å². The van der Waals surface area contributed by atoms with Crippen molar-refractivity contribution in [3.63, 3.8) is 0 Å². The fraction of sp³-hybridized carbons (Fsp3) is 0.417. The van der Waals surface area contributed by atoms with Crippen molar-refractivity contribution in [1.29, 1.82) is 0 Å². The Bertz CT molecular complexity index is 1080. The van der Waals surface area contributed by atoms with Gasteiger partial charge < -0.3 is 9.47 Å². The number of thioether (sulfide) groups is 1. The highest BCUT2D eigenvalue weighted by molar-refractivity contribution is 7.99. The van der Waals surface area contributed by atoms with Crippen LogP contribution in [0.5, 0.6) is 5.75 Å². The van der Waals surface area contributed by atoms with Gasteiger partial charge in [-0.2, -0.15) is 0 Å². The smallest absolute Gasteiger partial charge is 0.229 e. The number of anilines is 1. The predicted molar refractivity (Wildman–Crippen MR) is 132 cm³/mol. The first-order valence-electron chi connectivity index (χ1n) is 11.0. The minimum absolute atomic E-state index is 0.0357. The van der Waals surface area contributed by atoms with Gasteiger partial charge in [-0.1, -0.05) is 17.4 Å². The van der Waals surface area contributed by atoms with E-state index in [1.165, 1.54) is 23.5 Å². The molecule has 1 fully saturated rings. The molecule has 0 saturated carbocycles. The molecular formula is C24H28FN3O3S2. The Labute approximate surface area is 201 Å². The summed E-state index contributed by atoms with van der Waals surface area (Å²) in [6, 6.07) is 10.3. The number of nitrogens with zero attached hydrogens (tertiary/aromatic N) is 3. The summed E-state index contributed by atoms with van der Waals surface area (Å²) in [5, 5.41) is 0.697. The first-order chi connectivity index (χ1) is 16.0. The number of carbonyl (C=O) groups excluding carboxylic acids is 1. The molecule has 1 aliphatic heterocycles. The van der Waals surface area contributed by atoms with Crippen molar-refractivity contribution >= 4 is 44.4 Å². The molecule has 1 aromatic heterocycles. The highest BCUT2D eigenvalue weighted by atomic mass is 32.2. The third-order valence-electron chi connectivity index (χ3n) is 5.59. The molecule has 4 rings (SSSR count). The average Bonchev–Trinajstić information content (AvgIpc) is 3.27. The van der Waals surface area contributed by atoms with Crippen LogP contribution in [0, 0.1) is 12.7 Å². The Kier molecular flexibility index (Phi) is 8.19. The van der Waals surface area contributed by atoms with Crippen LogP contribution in [-0.4, -0.2) is 68.0 Å². The molecule has 6 nitrogen and oxygen atoms in total. The molecule has 176 valence electrons. The lowest BCUT2D eigenvalue weighted by Gasteiger charge is -2.29. The summed E-state index contributed by atoms with van der Waals surface area (Å²) in [4.78, 5) is 23.2. The van der Waals surface area contributed by atoms with Gasteiger partial charge in [0.1, 0.15) is 17.1 Å². The van der Waals surface area contributed by atoms with E-state index in [4.69, 9.17) is 14.5 Å². The third-order valence-corrected chi connectivity index (χ3v) is 7.81. The first-order valence-corrected chi connectivity index (χ1v) is 12.8. The summed E-state index contributed by atoms with van der Waals surface area (Å²) >= 11 is 3.08. The molecule has 0 spiro atoms. The first kappa shape index (κ1) is 23.9. The number of fused-ring (bicyclic) bond motifs is 1. The molecule has 33 heavy (non-hydrogen) atoms. The van der Waals surface area contributed by atoms with Crippen LogP contribution in [-0.2, 0) is 9.53 Å². The van der Waals surface area contributed by atoms with Gasteiger partial charge in [-0.15, -0.1) is 11.8 Å². The second kappa shape index (κ2) is 11.3. The molecule has 0 atom stereocenters. The number of aryl methyl sites for hydroxylation is 1. The maximum atomic E-state index is 13.3. The van der Waals surface area contributed by atoms with Crippen molar-refractivity contribution in [3.8, 4) is 5.75 Å². The number of amides is 1. The predicted octanol–water partition coefficient (Wildman–Crippen LogP) is 4.60. The Balaban J connectivity index is 1.50. The molecule has 2 aromatic carbocycles. The Hall–Kier alpha value is -2.20. The van der Waals surface area contributed by atoms with Gasteiger partial charge in [0.05, 0.1) is 25.0 Å². The van der Waals surface area contributed by atoms with Gasteiger partial charge in [0.15, 0.2) is 5.13 Å². The number of hydrogen-bond acceptors (Lipinski definition) is 7. The highest BCUT2D eigenvalue weighted by Gasteiger charge is 2.23. The van der Waals surface area contributed by atoms with Crippen molar-refractivity contribution in [1.82, 2.24) is 9.88 Å². The van der Waals surface area contributed by atoms with Crippen molar-refractivity contribution in [2.75, 3.05) is 57.2 Å². The molecule has 9 heteroatoms. The van der Waals surface area contributed by atoms with E-state index in [1.54, 1.807) is 31.0 Å². The maximum Gasteiger partial charge on any atom is 0.229 e. The number of halogens is 1. The lowest BCUT2D eigenvalue weighted by atomic mass is 10.2. The molecule has 0 bridgehead atoms. The van der Waals surface area contributed by atoms with E-state index < -0.39 is 0 Å². The minimum atomic E-state index is -0.258. The van der Waals surface area contributed by atoms with E-state index in [2.05, 4.69) is 4.90 Å². The minimum Gasteiger partial charge on any atom is -0.494 e. The molecule has 0 radical (unpaired) electrons. The Morgan fingerprint density at radius 3 is 2.73 bits per heavy atom. The van der Waals surface area contributed by atoms with Gasteiger partial charge >= 0.3 is 0 Å².